The van der Waals surface area contributed by atoms with Gasteiger partial charge in [-0.3, -0.25) is 4.55 Å². The number of para-hydroxylation sites is 1. The third-order valence-corrected chi connectivity index (χ3v) is 6.01. The summed E-state index contributed by atoms with van der Waals surface area (Å²) in [5.74, 6) is -0.845. The third-order valence-electron chi connectivity index (χ3n) is 2.81. The predicted molar refractivity (Wildman–Crippen MR) is 67.8 cm³/mol. The fourth-order valence-electron chi connectivity index (χ4n) is 1.99. The van der Waals surface area contributed by atoms with E-state index in [2.05, 4.69) is 5.32 Å². The van der Waals surface area contributed by atoms with Gasteiger partial charge in [0.05, 0.1) is 17.5 Å². The molecule has 2 atom stereocenters. The van der Waals surface area contributed by atoms with Gasteiger partial charge in [-0.05, 0) is 12.1 Å². The number of benzene rings is 1. The molecule has 0 radical (unpaired) electrons. The molecule has 1 aromatic rings. The van der Waals surface area contributed by atoms with Gasteiger partial charge in [-0.1, -0.05) is 18.2 Å². The van der Waals surface area contributed by atoms with Crippen LogP contribution in [0.4, 0.5) is 5.69 Å². The van der Waals surface area contributed by atoms with E-state index in [1.54, 1.807) is 30.3 Å². The highest BCUT2D eigenvalue weighted by Gasteiger charge is 2.44. The van der Waals surface area contributed by atoms with Gasteiger partial charge < -0.3 is 5.32 Å². The van der Waals surface area contributed by atoms with Gasteiger partial charge in [0.15, 0.2) is 9.84 Å². The maximum atomic E-state index is 11.5. The zero-order chi connectivity index (χ0) is 13.4. The van der Waals surface area contributed by atoms with Crippen LogP contribution in [-0.4, -0.2) is 44.2 Å². The summed E-state index contributed by atoms with van der Waals surface area (Å²) in [6, 6.07) is 7.85. The Balaban J connectivity index is 2.26. The van der Waals surface area contributed by atoms with Crippen LogP contribution >= 0.6 is 0 Å². The van der Waals surface area contributed by atoms with Crippen molar-refractivity contribution >= 4 is 25.6 Å². The molecule has 0 bridgehead atoms. The molecule has 1 aromatic carbocycles. The number of nitrogens with one attached hydrogen (secondary N) is 1. The standard InChI is InChI=1S/C10H13NO5S2/c12-17(13)6-9(10(7-17)18(14,15)16)11-8-4-2-1-3-5-8/h1-5,9-11H,6-7H2,(H,14,15,16)/t9-,10-/m0/s1. The van der Waals surface area contributed by atoms with Crippen LogP contribution in [0.2, 0.25) is 0 Å². The van der Waals surface area contributed by atoms with E-state index < -0.39 is 37.0 Å². The van der Waals surface area contributed by atoms with Crippen LogP contribution in [0, 0.1) is 0 Å². The zero-order valence-electron chi connectivity index (χ0n) is 9.35. The number of hydrogen-bond acceptors (Lipinski definition) is 5. The number of anilines is 1. The molecule has 100 valence electrons. The molecule has 18 heavy (non-hydrogen) atoms. The average molecular weight is 291 g/mol. The zero-order valence-corrected chi connectivity index (χ0v) is 11.0. The van der Waals surface area contributed by atoms with Gasteiger partial charge in [-0.25, -0.2) is 8.42 Å². The molecule has 6 nitrogen and oxygen atoms in total. The van der Waals surface area contributed by atoms with Crippen LogP contribution in [0.1, 0.15) is 0 Å². The van der Waals surface area contributed by atoms with Gasteiger partial charge >= 0.3 is 0 Å². The highest BCUT2D eigenvalue weighted by atomic mass is 32.2. The van der Waals surface area contributed by atoms with Crippen LogP contribution in [0.3, 0.4) is 0 Å². The molecule has 8 heteroatoms. The van der Waals surface area contributed by atoms with Crippen molar-refractivity contribution in [3.05, 3.63) is 30.3 Å². The van der Waals surface area contributed by atoms with E-state index in [1.807, 2.05) is 0 Å². The monoisotopic (exact) mass is 291 g/mol. The number of hydrogen-bond donors (Lipinski definition) is 2. The summed E-state index contributed by atoms with van der Waals surface area (Å²) >= 11 is 0. The summed E-state index contributed by atoms with van der Waals surface area (Å²) in [5, 5.41) is 1.52. The summed E-state index contributed by atoms with van der Waals surface area (Å²) < 4.78 is 54.4. The van der Waals surface area contributed by atoms with E-state index in [1.165, 1.54) is 0 Å². The smallest absolute Gasteiger partial charge is 0.270 e. The van der Waals surface area contributed by atoms with Gasteiger partial charge in [0.1, 0.15) is 5.25 Å². The first-order valence-electron chi connectivity index (χ1n) is 5.26. The summed E-state index contributed by atoms with van der Waals surface area (Å²) in [7, 11) is -7.83. The Bertz CT molecular complexity index is 623. The van der Waals surface area contributed by atoms with Crippen LogP contribution in [0.15, 0.2) is 30.3 Å². The lowest BCUT2D eigenvalue weighted by atomic mass is 10.2. The van der Waals surface area contributed by atoms with Crippen LogP contribution in [0.25, 0.3) is 0 Å². The van der Waals surface area contributed by atoms with Crippen molar-refractivity contribution < 1.29 is 21.4 Å². The molecule has 0 amide bonds. The first kappa shape index (κ1) is 13.3. The first-order valence-corrected chi connectivity index (χ1v) is 8.59. The Labute approximate surface area is 106 Å². The van der Waals surface area contributed by atoms with Gasteiger partial charge in [-0.15, -0.1) is 0 Å². The highest BCUT2D eigenvalue weighted by molar-refractivity contribution is 7.94. The van der Waals surface area contributed by atoms with E-state index in [-0.39, 0.29) is 5.75 Å². The predicted octanol–water partition coefficient (Wildman–Crippen LogP) is 0.152. The second kappa shape index (κ2) is 4.52. The van der Waals surface area contributed by atoms with Crippen molar-refractivity contribution in [3.63, 3.8) is 0 Å². The van der Waals surface area contributed by atoms with Crippen molar-refractivity contribution in [3.8, 4) is 0 Å². The molecule has 1 aliphatic rings. The molecule has 0 unspecified atom stereocenters. The summed E-state index contributed by atoms with van der Waals surface area (Å²) in [6.45, 7) is 0. The molecule has 0 aromatic heterocycles. The molecular formula is C10H13NO5S2. The first-order chi connectivity index (χ1) is 8.28. The second-order valence-electron chi connectivity index (χ2n) is 4.25. The Hall–Kier alpha value is -1.12. The van der Waals surface area contributed by atoms with E-state index in [0.717, 1.165) is 0 Å². The molecule has 0 aliphatic carbocycles. The Morgan fingerprint density at radius 1 is 1.17 bits per heavy atom. The molecule has 0 spiro atoms. The van der Waals surface area contributed by atoms with Crippen LogP contribution in [0.5, 0.6) is 0 Å². The minimum atomic E-state index is -4.38. The summed E-state index contributed by atoms with van der Waals surface area (Å²) in [4.78, 5) is 0. The van der Waals surface area contributed by atoms with Crippen molar-refractivity contribution in [2.45, 2.75) is 11.3 Å². The fourth-order valence-corrected chi connectivity index (χ4v) is 5.73. The third kappa shape index (κ3) is 3.01. The maximum absolute atomic E-state index is 11.5. The molecule has 2 N–H and O–H groups in total. The topological polar surface area (TPSA) is 101 Å². The van der Waals surface area contributed by atoms with Gasteiger partial charge in [-0.2, -0.15) is 8.42 Å². The molecule has 1 aliphatic heterocycles. The quantitative estimate of drug-likeness (QED) is 0.769. The van der Waals surface area contributed by atoms with Gasteiger partial charge in [0, 0.05) is 5.69 Å². The van der Waals surface area contributed by atoms with Crippen molar-refractivity contribution in [1.29, 1.82) is 0 Å². The van der Waals surface area contributed by atoms with Crippen molar-refractivity contribution in [2.24, 2.45) is 0 Å². The van der Waals surface area contributed by atoms with E-state index >= 15 is 0 Å². The normalized spacial score (nSPS) is 26.9. The Morgan fingerprint density at radius 3 is 2.33 bits per heavy atom. The van der Waals surface area contributed by atoms with E-state index in [9.17, 15) is 16.8 Å². The van der Waals surface area contributed by atoms with E-state index in [4.69, 9.17) is 4.55 Å². The molecule has 1 saturated heterocycles. The van der Waals surface area contributed by atoms with Gasteiger partial charge in [0.25, 0.3) is 10.1 Å². The minimum absolute atomic E-state index is 0.299. The van der Waals surface area contributed by atoms with E-state index in [0.29, 0.717) is 5.69 Å². The lowest BCUT2D eigenvalue weighted by Gasteiger charge is -2.18. The summed E-state index contributed by atoms with van der Waals surface area (Å²) in [6.07, 6.45) is 0. The Morgan fingerprint density at radius 2 is 1.78 bits per heavy atom. The fraction of sp³-hybridized carbons (Fsp3) is 0.400. The lowest BCUT2D eigenvalue weighted by molar-refractivity contribution is 0.467. The summed E-state index contributed by atoms with van der Waals surface area (Å²) in [5.41, 5.74) is 0.619. The van der Waals surface area contributed by atoms with Crippen molar-refractivity contribution in [1.82, 2.24) is 0 Å². The Kier molecular flexibility index (Phi) is 3.35. The minimum Gasteiger partial charge on any atom is -0.380 e. The molecule has 1 fully saturated rings. The lowest BCUT2D eigenvalue weighted by Crippen LogP contribution is -2.37. The maximum Gasteiger partial charge on any atom is 0.270 e. The second-order valence-corrected chi connectivity index (χ2v) is 8.04. The molecule has 0 saturated carbocycles. The molecule has 1 heterocycles. The number of sulfone groups is 1. The largest absolute Gasteiger partial charge is 0.380 e. The van der Waals surface area contributed by atoms with Crippen LogP contribution < -0.4 is 5.32 Å². The molecular weight excluding hydrogens is 278 g/mol. The number of rotatable bonds is 3. The average Bonchev–Trinajstić information content (AvgIpc) is 2.55. The highest BCUT2D eigenvalue weighted by Crippen LogP contribution is 2.22. The van der Waals surface area contributed by atoms with Crippen molar-refractivity contribution in [2.75, 3.05) is 16.8 Å². The SMILES string of the molecule is O=S1(=O)C[C@H](Nc2ccccc2)[C@@H](S(=O)(=O)O)C1. The van der Waals surface area contributed by atoms with Crippen LogP contribution in [-0.2, 0) is 20.0 Å². The molecule has 2 rings (SSSR count). The van der Waals surface area contributed by atoms with Gasteiger partial charge in [0.2, 0.25) is 0 Å².